The van der Waals surface area contributed by atoms with Crippen molar-refractivity contribution in [3.05, 3.63) is 82.4 Å². The van der Waals surface area contributed by atoms with Gasteiger partial charge in [0.15, 0.2) is 0 Å². The average Bonchev–Trinajstić information content (AvgIpc) is 3.14. The average molecular weight is 432 g/mol. The summed E-state index contributed by atoms with van der Waals surface area (Å²) >= 11 is 0. The highest BCUT2D eigenvalue weighted by Gasteiger charge is 2.21. The molecule has 3 aromatic carbocycles. The maximum atomic E-state index is 11.5. The normalized spacial score (nSPS) is 14.8. The number of hydrogen-bond donors (Lipinski definition) is 2. The van der Waals surface area contributed by atoms with Gasteiger partial charge in [-0.3, -0.25) is 0 Å². The number of aromatic carboxylic acids is 1. The van der Waals surface area contributed by atoms with Crippen LogP contribution in [0, 0.1) is 6.92 Å². The van der Waals surface area contributed by atoms with E-state index in [9.17, 15) is 9.90 Å². The summed E-state index contributed by atoms with van der Waals surface area (Å²) in [6.07, 6.45) is 0.675. The van der Waals surface area contributed by atoms with Crippen molar-refractivity contribution < 1.29 is 19.4 Å². The summed E-state index contributed by atoms with van der Waals surface area (Å²) in [7, 11) is 0. The molecule has 1 atom stereocenters. The largest absolute Gasteiger partial charge is 0.492 e. The van der Waals surface area contributed by atoms with Crippen molar-refractivity contribution in [2.24, 2.45) is 5.73 Å². The van der Waals surface area contributed by atoms with Crippen molar-refractivity contribution in [3.63, 3.8) is 0 Å². The summed E-state index contributed by atoms with van der Waals surface area (Å²) in [6, 6.07) is 17.9. The van der Waals surface area contributed by atoms with Crippen LogP contribution in [0.4, 0.5) is 0 Å². The van der Waals surface area contributed by atoms with Gasteiger partial charge in [-0.25, -0.2) is 4.79 Å². The Morgan fingerprint density at radius 1 is 1.16 bits per heavy atom. The van der Waals surface area contributed by atoms with E-state index in [0.717, 1.165) is 33.6 Å². The third-order valence-corrected chi connectivity index (χ3v) is 5.92. The molecule has 0 saturated heterocycles. The lowest BCUT2D eigenvalue weighted by molar-refractivity contribution is 0.0692. The third-order valence-electron chi connectivity index (χ3n) is 5.92. The van der Waals surface area contributed by atoms with Crippen molar-refractivity contribution in [3.8, 4) is 22.6 Å². The molecule has 166 valence electrons. The Kier molecular flexibility index (Phi) is 6.19. The number of carbonyl (C=O) groups is 1. The van der Waals surface area contributed by atoms with Gasteiger partial charge >= 0.3 is 5.97 Å². The van der Waals surface area contributed by atoms with Crippen molar-refractivity contribution >= 4 is 5.97 Å². The number of nitrogens with two attached hydrogens (primary N) is 1. The number of carboxylic acid groups (broad SMARTS) is 1. The van der Waals surface area contributed by atoms with Crippen molar-refractivity contribution in [1.29, 1.82) is 0 Å². The first-order chi connectivity index (χ1) is 15.3. The summed E-state index contributed by atoms with van der Waals surface area (Å²) < 4.78 is 11.6. The molecule has 0 amide bonds. The monoisotopic (exact) mass is 431 g/mol. The van der Waals surface area contributed by atoms with Crippen LogP contribution in [0.15, 0.2) is 54.6 Å². The lowest BCUT2D eigenvalue weighted by atomic mass is 9.92. The molecule has 1 aliphatic heterocycles. The Bertz CT molecular complexity index is 1150. The van der Waals surface area contributed by atoms with Gasteiger partial charge in [0, 0.05) is 12.0 Å². The minimum Gasteiger partial charge on any atom is -0.492 e. The van der Waals surface area contributed by atoms with Gasteiger partial charge in [-0.1, -0.05) is 50.2 Å². The van der Waals surface area contributed by atoms with E-state index < -0.39 is 5.97 Å². The fourth-order valence-corrected chi connectivity index (χ4v) is 4.06. The van der Waals surface area contributed by atoms with Crippen molar-refractivity contribution in [1.82, 2.24) is 0 Å². The first kappa shape index (κ1) is 21.9. The van der Waals surface area contributed by atoms with Crippen LogP contribution < -0.4 is 15.2 Å². The van der Waals surface area contributed by atoms with Crippen LogP contribution >= 0.6 is 0 Å². The van der Waals surface area contributed by atoms with E-state index in [4.69, 9.17) is 15.2 Å². The van der Waals surface area contributed by atoms with Crippen molar-refractivity contribution in [2.75, 3.05) is 13.2 Å². The highest BCUT2D eigenvalue weighted by molar-refractivity contribution is 5.91. The van der Waals surface area contributed by atoms with Crippen LogP contribution in [0.25, 0.3) is 11.1 Å². The molecule has 4 rings (SSSR count). The molecule has 3 N–H and O–H groups in total. The van der Waals surface area contributed by atoms with Gasteiger partial charge in [-0.2, -0.15) is 0 Å². The van der Waals surface area contributed by atoms with E-state index in [1.54, 1.807) is 12.1 Å². The highest BCUT2D eigenvalue weighted by Crippen LogP contribution is 2.35. The van der Waals surface area contributed by atoms with Crippen molar-refractivity contribution in [2.45, 2.75) is 39.2 Å². The molecule has 0 bridgehead atoms. The predicted octanol–water partition coefficient (Wildman–Crippen LogP) is 5.50. The van der Waals surface area contributed by atoms with Gasteiger partial charge < -0.3 is 20.3 Å². The zero-order chi connectivity index (χ0) is 22.8. The van der Waals surface area contributed by atoms with E-state index in [1.807, 2.05) is 19.1 Å². The standard InChI is InChI=1S/C27H29NO4/c1-16(2)20-11-18(9-10-31-26-17(3)5-4-6-22(26)27(29)30)12-21(13-20)19-7-8-25-23(14-19)24(28)15-32-25/h4-8,11-14,16,24H,9-10,15,28H2,1-3H3,(H,29,30)/t24-/m1/s1. The molecule has 1 heterocycles. The van der Waals surface area contributed by atoms with E-state index in [0.29, 0.717) is 31.3 Å². The molecular weight excluding hydrogens is 402 g/mol. The summed E-state index contributed by atoms with van der Waals surface area (Å²) in [5.74, 6) is 0.700. The first-order valence-corrected chi connectivity index (χ1v) is 11.0. The Morgan fingerprint density at radius 3 is 2.72 bits per heavy atom. The molecule has 0 saturated carbocycles. The van der Waals surface area contributed by atoms with E-state index in [1.165, 1.54) is 5.56 Å². The minimum absolute atomic E-state index is 0.0938. The number of hydrogen-bond acceptors (Lipinski definition) is 4. The Hall–Kier alpha value is -3.31. The molecule has 0 fully saturated rings. The van der Waals surface area contributed by atoms with E-state index in [-0.39, 0.29) is 11.6 Å². The fourth-order valence-electron chi connectivity index (χ4n) is 4.06. The van der Waals surface area contributed by atoms with Gasteiger partial charge in [0.25, 0.3) is 0 Å². The maximum absolute atomic E-state index is 11.5. The zero-order valence-electron chi connectivity index (χ0n) is 18.7. The smallest absolute Gasteiger partial charge is 0.339 e. The zero-order valence-corrected chi connectivity index (χ0v) is 18.7. The summed E-state index contributed by atoms with van der Waals surface area (Å²) in [4.78, 5) is 11.5. The van der Waals surface area contributed by atoms with Gasteiger partial charge in [0.05, 0.1) is 12.6 Å². The topological polar surface area (TPSA) is 81.8 Å². The molecule has 0 aromatic heterocycles. The van der Waals surface area contributed by atoms with Crippen LogP contribution in [0.1, 0.15) is 58.4 Å². The fraction of sp³-hybridized carbons (Fsp3) is 0.296. The second-order valence-corrected chi connectivity index (χ2v) is 8.64. The molecule has 0 unspecified atom stereocenters. The van der Waals surface area contributed by atoms with Gasteiger partial charge in [-0.05, 0) is 58.9 Å². The number of ether oxygens (including phenoxy) is 2. The van der Waals surface area contributed by atoms with E-state index in [2.05, 4.69) is 44.2 Å². The van der Waals surface area contributed by atoms with Gasteiger partial charge in [0.2, 0.25) is 0 Å². The molecule has 1 aliphatic rings. The van der Waals surface area contributed by atoms with Crippen LogP contribution in [0.2, 0.25) is 0 Å². The van der Waals surface area contributed by atoms with Crippen LogP contribution in [0.3, 0.4) is 0 Å². The third kappa shape index (κ3) is 4.48. The molecule has 0 spiro atoms. The van der Waals surface area contributed by atoms with E-state index >= 15 is 0 Å². The minimum atomic E-state index is -0.980. The van der Waals surface area contributed by atoms with Crippen LogP contribution in [-0.4, -0.2) is 24.3 Å². The highest BCUT2D eigenvalue weighted by atomic mass is 16.5. The quantitative estimate of drug-likeness (QED) is 0.516. The summed E-state index contributed by atoms with van der Waals surface area (Å²) in [5, 5.41) is 9.45. The van der Waals surface area contributed by atoms with Crippen LogP contribution in [-0.2, 0) is 6.42 Å². The molecule has 0 radical (unpaired) electrons. The molecular formula is C27H29NO4. The second-order valence-electron chi connectivity index (χ2n) is 8.64. The molecule has 32 heavy (non-hydrogen) atoms. The molecule has 0 aliphatic carbocycles. The Labute approximate surface area is 188 Å². The molecule has 5 nitrogen and oxygen atoms in total. The lowest BCUT2D eigenvalue weighted by Crippen LogP contribution is -2.10. The molecule has 3 aromatic rings. The Morgan fingerprint density at radius 2 is 1.97 bits per heavy atom. The summed E-state index contributed by atoms with van der Waals surface area (Å²) in [6.45, 7) is 7.14. The van der Waals surface area contributed by atoms with Gasteiger partial charge in [0.1, 0.15) is 23.7 Å². The number of aryl methyl sites for hydroxylation is 1. The lowest BCUT2D eigenvalue weighted by Gasteiger charge is -2.15. The number of rotatable bonds is 7. The van der Waals surface area contributed by atoms with Gasteiger partial charge in [-0.15, -0.1) is 0 Å². The number of para-hydroxylation sites is 1. The maximum Gasteiger partial charge on any atom is 0.339 e. The number of fused-ring (bicyclic) bond motifs is 1. The first-order valence-electron chi connectivity index (χ1n) is 11.0. The Balaban J connectivity index is 1.59. The number of carboxylic acids is 1. The molecule has 5 heteroatoms. The summed E-state index contributed by atoms with van der Waals surface area (Å²) in [5.41, 5.74) is 12.9. The second kappa shape index (κ2) is 9.05. The number of benzene rings is 3. The van der Waals surface area contributed by atoms with Crippen LogP contribution in [0.5, 0.6) is 11.5 Å². The SMILES string of the molecule is Cc1cccc(C(=O)O)c1OCCc1cc(-c2ccc3c(c2)[C@H](N)CO3)cc(C(C)C)c1. The predicted molar refractivity (Wildman–Crippen MR) is 126 cm³/mol.